The van der Waals surface area contributed by atoms with E-state index in [0.717, 1.165) is 18.5 Å². The van der Waals surface area contributed by atoms with Gasteiger partial charge in [-0.1, -0.05) is 30.4 Å². The Balaban J connectivity index is 2.08. The molecule has 0 N–H and O–H groups in total. The molecule has 0 amide bonds. The lowest BCUT2D eigenvalue weighted by Crippen LogP contribution is -2.35. The van der Waals surface area contributed by atoms with Gasteiger partial charge in [0.2, 0.25) is 0 Å². The van der Waals surface area contributed by atoms with Crippen LogP contribution < -0.4 is 4.90 Å². The molecule has 0 fully saturated rings. The van der Waals surface area contributed by atoms with Gasteiger partial charge in [-0.05, 0) is 25.0 Å². The molecule has 1 aliphatic rings. The van der Waals surface area contributed by atoms with Gasteiger partial charge in [0.25, 0.3) is 0 Å². The van der Waals surface area contributed by atoms with Crippen molar-refractivity contribution in [2.45, 2.75) is 18.9 Å². The van der Waals surface area contributed by atoms with E-state index in [4.69, 9.17) is 4.74 Å². The zero-order valence-corrected chi connectivity index (χ0v) is 10.9. The standard InChI is InChI=1S/C15H19NO2/c1-16(13-8-4-3-5-9-13)14-10-6-7-12(11-14)15(17)18-2/h3-6,8-10,12,14H,7,11H2,1-2H3/t12-,14+/m1/s1. The van der Waals surface area contributed by atoms with E-state index >= 15 is 0 Å². The van der Waals surface area contributed by atoms with E-state index in [1.165, 1.54) is 7.11 Å². The zero-order chi connectivity index (χ0) is 13.0. The molecule has 1 aliphatic carbocycles. The summed E-state index contributed by atoms with van der Waals surface area (Å²) in [6.45, 7) is 0. The fourth-order valence-electron chi connectivity index (χ4n) is 2.37. The molecule has 18 heavy (non-hydrogen) atoms. The van der Waals surface area contributed by atoms with Crippen LogP contribution in [0, 0.1) is 5.92 Å². The molecule has 0 saturated carbocycles. The van der Waals surface area contributed by atoms with Crippen LogP contribution in [-0.4, -0.2) is 26.2 Å². The number of esters is 1. The number of methoxy groups -OCH3 is 1. The third-order valence-electron chi connectivity index (χ3n) is 3.50. The first-order chi connectivity index (χ1) is 8.72. The number of carbonyl (C=O) groups is 1. The summed E-state index contributed by atoms with van der Waals surface area (Å²) in [5, 5.41) is 0. The predicted molar refractivity (Wildman–Crippen MR) is 72.5 cm³/mol. The van der Waals surface area contributed by atoms with Gasteiger partial charge >= 0.3 is 5.97 Å². The predicted octanol–water partition coefficient (Wildman–Crippen LogP) is 2.63. The summed E-state index contributed by atoms with van der Waals surface area (Å²) in [4.78, 5) is 13.8. The molecule has 0 bridgehead atoms. The monoisotopic (exact) mass is 245 g/mol. The van der Waals surface area contributed by atoms with E-state index < -0.39 is 0 Å². The Labute approximate surface area is 108 Å². The van der Waals surface area contributed by atoms with Crippen LogP contribution in [0.5, 0.6) is 0 Å². The molecule has 0 spiro atoms. The van der Waals surface area contributed by atoms with E-state index in [1.807, 2.05) is 18.2 Å². The van der Waals surface area contributed by atoms with Crippen molar-refractivity contribution < 1.29 is 9.53 Å². The second kappa shape index (κ2) is 5.71. The highest BCUT2D eigenvalue weighted by atomic mass is 16.5. The van der Waals surface area contributed by atoms with Gasteiger partial charge in [0.1, 0.15) is 0 Å². The van der Waals surface area contributed by atoms with Crippen LogP contribution in [0.2, 0.25) is 0 Å². The lowest BCUT2D eigenvalue weighted by molar-refractivity contribution is -0.145. The fraction of sp³-hybridized carbons (Fsp3) is 0.400. The fourth-order valence-corrected chi connectivity index (χ4v) is 2.37. The van der Waals surface area contributed by atoms with Gasteiger partial charge in [-0.25, -0.2) is 0 Å². The van der Waals surface area contributed by atoms with Gasteiger partial charge in [-0.3, -0.25) is 4.79 Å². The molecule has 0 unspecified atom stereocenters. The van der Waals surface area contributed by atoms with Crippen LogP contribution in [0.25, 0.3) is 0 Å². The van der Waals surface area contributed by atoms with Crippen molar-refractivity contribution in [2.24, 2.45) is 5.92 Å². The topological polar surface area (TPSA) is 29.5 Å². The Morgan fingerprint density at radius 3 is 2.72 bits per heavy atom. The maximum absolute atomic E-state index is 11.6. The molecule has 2 rings (SSSR count). The summed E-state index contributed by atoms with van der Waals surface area (Å²) in [7, 11) is 3.51. The van der Waals surface area contributed by atoms with E-state index in [9.17, 15) is 4.79 Å². The third kappa shape index (κ3) is 2.73. The zero-order valence-electron chi connectivity index (χ0n) is 10.9. The largest absolute Gasteiger partial charge is 0.469 e. The quantitative estimate of drug-likeness (QED) is 0.605. The van der Waals surface area contributed by atoms with Crippen molar-refractivity contribution >= 4 is 11.7 Å². The van der Waals surface area contributed by atoms with E-state index in [1.54, 1.807) is 0 Å². The van der Waals surface area contributed by atoms with Gasteiger partial charge in [0.15, 0.2) is 0 Å². The first-order valence-electron chi connectivity index (χ1n) is 6.24. The highest BCUT2D eigenvalue weighted by Crippen LogP contribution is 2.26. The molecule has 1 aromatic carbocycles. The summed E-state index contributed by atoms with van der Waals surface area (Å²) < 4.78 is 4.83. The van der Waals surface area contributed by atoms with Crippen LogP contribution in [0.1, 0.15) is 12.8 Å². The molecule has 3 heteroatoms. The maximum Gasteiger partial charge on any atom is 0.309 e. The van der Waals surface area contributed by atoms with Gasteiger partial charge in [0.05, 0.1) is 13.0 Å². The highest BCUT2D eigenvalue weighted by Gasteiger charge is 2.26. The van der Waals surface area contributed by atoms with E-state index in [0.29, 0.717) is 0 Å². The van der Waals surface area contributed by atoms with Crippen LogP contribution in [0.3, 0.4) is 0 Å². The number of hydrogen-bond donors (Lipinski definition) is 0. The molecule has 96 valence electrons. The molecular weight excluding hydrogens is 226 g/mol. The number of likely N-dealkylation sites (N-methyl/N-ethyl adjacent to an activating group) is 1. The number of ether oxygens (including phenoxy) is 1. The van der Waals surface area contributed by atoms with Crippen molar-refractivity contribution in [1.29, 1.82) is 0 Å². The Bertz CT molecular complexity index is 427. The highest BCUT2D eigenvalue weighted by molar-refractivity contribution is 5.73. The van der Waals surface area contributed by atoms with Gasteiger partial charge < -0.3 is 9.64 Å². The van der Waals surface area contributed by atoms with Crippen molar-refractivity contribution in [3.05, 3.63) is 42.5 Å². The average Bonchev–Trinajstić information content (AvgIpc) is 2.46. The molecule has 3 nitrogen and oxygen atoms in total. The number of rotatable bonds is 3. The average molecular weight is 245 g/mol. The minimum absolute atomic E-state index is 0.0174. The molecule has 0 aromatic heterocycles. The smallest absolute Gasteiger partial charge is 0.309 e. The normalized spacial score (nSPS) is 22.6. The lowest BCUT2D eigenvalue weighted by Gasteiger charge is -2.32. The maximum atomic E-state index is 11.6. The number of para-hydroxylation sites is 1. The number of carbonyl (C=O) groups excluding carboxylic acids is 1. The first-order valence-corrected chi connectivity index (χ1v) is 6.24. The Kier molecular flexibility index (Phi) is 4.03. The summed E-state index contributed by atoms with van der Waals surface area (Å²) in [6, 6.07) is 10.5. The minimum atomic E-state index is -0.106. The number of allylic oxidation sites excluding steroid dienone is 1. The molecule has 0 aliphatic heterocycles. The van der Waals surface area contributed by atoms with Gasteiger partial charge in [-0.15, -0.1) is 0 Å². The number of anilines is 1. The second-order valence-electron chi connectivity index (χ2n) is 4.63. The van der Waals surface area contributed by atoms with Crippen molar-refractivity contribution in [3.63, 3.8) is 0 Å². The summed E-state index contributed by atoms with van der Waals surface area (Å²) in [5.41, 5.74) is 1.16. The van der Waals surface area contributed by atoms with E-state index in [2.05, 4.69) is 36.2 Å². The lowest BCUT2D eigenvalue weighted by atomic mass is 9.90. The number of benzene rings is 1. The molecule has 1 aromatic rings. The first kappa shape index (κ1) is 12.7. The van der Waals surface area contributed by atoms with Crippen LogP contribution in [0.4, 0.5) is 5.69 Å². The molecular formula is C15H19NO2. The SMILES string of the molecule is COC(=O)[C@@H]1CC=C[C@H](N(C)c2ccccc2)C1. The minimum Gasteiger partial charge on any atom is -0.469 e. The van der Waals surface area contributed by atoms with Crippen molar-refractivity contribution in [3.8, 4) is 0 Å². The Morgan fingerprint density at radius 1 is 1.33 bits per heavy atom. The molecule has 0 radical (unpaired) electrons. The second-order valence-corrected chi connectivity index (χ2v) is 4.63. The van der Waals surface area contributed by atoms with Crippen molar-refractivity contribution in [2.75, 3.05) is 19.1 Å². The Morgan fingerprint density at radius 2 is 2.06 bits per heavy atom. The third-order valence-corrected chi connectivity index (χ3v) is 3.50. The Hall–Kier alpha value is -1.77. The summed E-state index contributed by atoms with van der Waals surface area (Å²) in [6.07, 6.45) is 5.85. The number of hydrogen-bond acceptors (Lipinski definition) is 3. The van der Waals surface area contributed by atoms with Gasteiger partial charge in [-0.2, -0.15) is 0 Å². The van der Waals surface area contributed by atoms with Crippen molar-refractivity contribution in [1.82, 2.24) is 0 Å². The molecule has 0 saturated heterocycles. The number of nitrogens with zero attached hydrogens (tertiary/aromatic N) is 1. The molecule has 0 heterocycles. The summed E-state index contributed by atoms with van der Waals surface area (Å²) in [5.74, 6) is -0.123. The van der Waals surface area contributed by atoms with Crippen LogP contribution >= 0.6 is 0 Å². The molecule has 2 atom stereocenters. The van der Waals surface area contributed by atoms with Crippen LogP contribution in [-0.2, 0) is 9.53 Å². The van der Waals surface area contributed by atoms with Crippen LogP contribution in [0.15, 0.2) is 42.5 Å². The summed E-state index contributed by atoms with van der Waals surface area (Å²) >= 11 is 0. The van der Waals surface area contributed by atoms with Gasteiger partial charge in [0, 0.05) is 18.8 Å². The van der Waals surface area contributed by atoms with E-state index in [-0.39, 0.29) is 17.9 Å².